The Balaban J connectivity index is 2.71. The third-order valence-corrected chi connectivity index (χ3v) is 4.84. The zero-order valence-corrected chi connectivity index (χ0v) is 12.7. The van der Waals surface area contributed by atoms with Crippen molar-refractivity contribution >= 4 is 16.2 Å². The monoisotopic (exact) mass is 300 g/mol. The summed E-state index contributed by atoms with van der Waals surface area (Å²) in [6.07, 6.45) is -0.214. The SMILES string of the molecule is Cc1ccc(CN(C)S(=O)(=O)N(C)CCC(=O)O)cc1. The standard InChI is InChI=1S/C13H20N2O4S/c1-11-4-6-12(7-5-11)10-15(3)20(18,19)14(2)9-8-13(16)17/h4-7H,8-10H2,1-3H3,(H,16,17). The first kappa shape index (κ1) is 16.6. The summed E-state index contributed by atoms with van der Waals surface area (Å²) in [4.78, 5) is 10.5. The van der Waals surface area contributed by atoms with E-state index in [9.17, 15) is 13.2 Å². The Morgan fingerprint density at radius 3 is 2.20 bits per heavy atom. The van der Waals surface area contributed by atoms with E-state index in [0.29, 0.717) is 0 Å². The third kappa shape index (κ3) is 4.59. The van der Waals surface area contributed by atoms with Gasteiger partial charge in [0.25, 0.3) is 10.2 Å². The number of aryl methyl sites for hydroxylation is 1. The molecule has 0 unspecified atom stereocenters. The summed E-state index contributed by atoms with van der Waals surface area (Å²) in [5.74, 6) is -1.02. The molecule has 0 radical (unpaired) electrons. The predicted molar refractivity (Wildman–Crippen MR) is 76.4 cm³/mol. The molecule has 1 aromatic rings. The van der Waals surface area contributed by atoms with E-state index in [1.54, 1.807) is 0 Å². The maximum atomic E-state index is 12.2. The maximum Gasteiger partial charge on any atom is 0.304 e. The second-order valence-corrected chi connectivity index (χ2v) is 6.86. The molecule has 20 heavy (non-hydrogen) atoms. The molecule has 0 saturated carbocycles. The lowest BCUT2D eigenvalue weighted by Gasteiger charge is -2.24. The number of aliphatic carboxylic acids is 1. The summed E-state index contributed by atoms with van der Waals surface area (Å²) < 4.78 is 26.6. The molecule has 0 atom stereocenters. The fraction of sp³-hybridized carbons (Fsp3) is 0.462. The van der Waals surface area contributed by atoms with E-state index in [0.717, 1.165) is 15.4 Å². The van der Waals surface area contributed by atoms with Crippen LogP contribution in [0.1, 0.15) is 17.5 Å². The van der Waals surface area contributed by atoms with Gasteiger partial charge in [-0.2, -0.15) is 17.0 Å². The van der Waals surface area contributed by atoms with Gasteiger partial charge < -0.3 is 5.11 Å². The van der Waals surface area contributed by atoms with Crippen LogP contribution in [0, 0.1) is 6.92 Å². The van der Waals surface area contributed by atoms with Crippen LogP contribution in [0.15, 0.2) is 24.3 Å². The molecule has 1 N–H and O–H groups in total. The van der Waals surface area contributed by atoms with Gasteiger partial charge in [-0.1, -0.05) is 29.8 Å². The van der Waals surface area contributed by atoms with Crippen LogP contribution in [0.5, 0.6) is 0 Å². The Kier molecular flexibility index (Phi) is 5.67. The van der Waals surface area contributed by atoms with Gasteiger partial charge in [-0.25, -0.2) is 0 Å². The average Bonchev–Trinajstić information content (AvgIpc) is 2.38. The van der Waals surface area contributed by atoms with E-state index in [1.807, 2.05) is 31.2 Å². The highest BCUT2D eigenvalue weighted by Crippen LogP contribution is 2.11. The van der Waals surface area contributed by atoms with Crippen LogP contribution in [-0.4, -0.2) is 48.7 Å². The topological polar surface area (TPSA) is 77.9 Å². The lowest BCUT2D eigenvalue weighted by atomic mass is 10.1. The summed E-state index contributed by atoms with van der Waals surface area (Å²) in [6.45, 7) is 2.17. The van der Waals surface area contributed by atoms with Crippen molar-refractivity contribution in [2.45, 2.75) is 19.9 Å². The van der Waals surface area contributed by atoms with E-state index in [-0.39, 0.29) is 19.5 Å². The van der Waals surface area contributed by atoms with Crippen LogP contribution in [0.25, 0.3) is 0 Å². The van der Waals surface area contributed by atoms with Crippen molar-refractivity contribution < 1.29 is 18.3 Å². The molecule has 0 fully saturated rings. The molecule has 0 aliphatic rings. The van der Waals surface area contributed by atoms with E-state index >= 15 is 0 Å². The molecule has 0 heterocycles. The Labute approximate surface area is 119 Å². The van der Waals surface area contributed by atoms with Gasteiger partial charge in [-0.15, -0.1) is 0 Å². The molecule has 0 bridgehead atoms. The number of carbonyl (C=O) groups is 1. The van der Waals surface area contributed by atoms with Crippen molar-refractivity contribution in [3.63, 3.8) is 0 Å². The number of carboxylic acids is 1. The molecule has 7 heteroatoms. The Morgan fingerprint density at radius 2 is 1.70 bits per heavy atom. The van der Waals surface area contributed by atoms with Gasteiger partial charge in [0.15, 0.2) is 0 Å². The molecule has 1 aromatic carbocycles. The predicted octanol–water partition coefficient (Wildman–Crippen LogP) is 1.08. The molecule has 0 aliphatic heterocycles. The van der Waals surface area contributed by atoms with Gasteiger partial charge in [0.2, 0.25) is 0 Å². The fourth-order valence-electron chi connectivity index (χ4n) is 1.64. The maximum absolute atomic E-state index is 12.2. The Bertz CT molecular complexity index is 554. The minimum absolute atomic E-state index is 0.0457. The van der Waals surface area contributed by atoms with Gasteiger partial charge in [0.1, 0.15) is 0 Å². The second kappa shape index (κ2) is 6.83. The lowest BCUT2D eigenvalue weighted by molar-refractivity contribution is -0.137. The highest BCUT2D eigenvalue weighted by molar-refractivity contribution is 7.86. The van der Waals surface area contributed by atoms with Gasteiger partial charge in [-0.3, -0.25) is 4.79 Å². The summed E-state index contributed by atoms with van der Waals surface area (Å²) >= 11 is 0. The van der Waals surface area contributed by atoms with Crippen LogP contribution in [0.3, 0.4) is 0 Å². The third-order valence-electron chi connectivity index (χ3n) is 2.95. The van der Waals surface area contributed by atoms with E-state index in [1.165, 1.54) is 18.4 Å². The average molecular weight is 300 g/mol. The molecule has 0 amide bonds. The Morgan fingerprint density at radius 1 is 1.15 bits per heavy atom. The Hall–Kier alpha value is -1.44. The van der Waals surface area contributed by atoms with Crippen molar-refractivity contribution in [1.82, 2.24) is 8.61 Å². The van der Waals surface area contributed by atoms with Crippen LogP contribution in [-0.2, 0) is 21.5 Å². The first-order valence-corrected chi connectivity index (χ1v) is 7.58. The van der Waals surface area contributed by atoms with Gasteiger partial charge in [0, 0.05) is 27.2 Å². The minimum atomic E-state index is -3.64. The zero-order valence-electron chi connectivity index (χ0n) is 11.9. The molecule has 1 rings (SSSR count). The van der Waals surface area contributed by atoms with Crippen LogP contribution >= 0.6 is 0 Å². The molecule has 0 aliphatic carbocycles. The van der Waals surface area contributed by atoms with Gasteiger partial charge in [0.05, 0.1) is 6.42 Å². The van der Waals surface area contributed by atoms with Crippen LogP contribution < -0.4 is 0 Å². The largest absolute Gasteiger partial charge is 0.481 e. The highest BCUT2D eigenvalue weighted by Gasteiger charge is 2.23. The normalized spacial score (nSPS) is 12.1. The number of hydrogen-bond acceptors (Lipinski definition) is 3. The number of nitrogens with zero attached hydrogens (tertiary/aromatic N) is 2. The number of hydrogen-bond donors (Lipinski definition) is 1. The first-order valence-electron chi connectivity index (χ1n) is 6.18. The van der Waals surface area contributed by atoms with E-state index in [2.05, 4.69) is 0 Å². The summed E-state index contributed by atoms with van der Waals surface area (Å²) in [7, 11) is -0.782. The minimum Gasteiger partial charge on any atom is -0.481 e. The van der Waals surface area contributed by atoms with E-state index in [4.69, 9.17) is 5.11 Å². The van der Waals surface area contributed by atoms with Crippen LogP contribution in [0.4, 0.5) is 0 Å². The summed E-state index contributed by atoms with van der Waals surface area (Å²) in [5.41, 5.74) is 1.99. The molecule has 6 nitrogen and oxygen atoms in total. The van der Waals surface area contributed by atoms with Crippen LogP contribution in [0.2, 0.25) is 0 Å². The van der Waals surface area contributed by atoms with E-state index < -0.39 is 16.2 Å². The first-order chi connectivity index (χ1) is 9.23. The molecule has 112 valence electrons. The zero-order chi connectivity index (χ0) is 15.3. The second-order valence-electron chi connectivity index (χ2n) is 4.71. The molecule has 0 spiro atoms. The fourth-order valence-corrected chi connectivity index (χ4v) is 2.75. The van der Waals surface area contributed by atoms with Gasteiger partial charge in [-0.05, 0) is 12.5 Å². The molecule has 0 aromatic heterocycles. The molecule has 0 saturated heterocycles. The number of carboxylic acid groups (broad SMARTS) is 1. The van der Waals surface area contributed by atoms with Crippen molar-refractivity contribution in [1.29, 1.82) is 0 Å². The summed E-state index contributed by atoms with van der Waals surface area (Å²) in [5, 5.41) is 8.59. The highest BCUT2D eigenvalue weighted by atomic mass is 32.2. The quantitative estimate of drug-likeness (QED) is 0.817. The molecular weight excluding hydrogens is 280 g/mol. The number of rotatable bonds is 7. The van der Waals surface area contributed by atoms with Crippen molar-refractivity contribution in [2.24, 2.45) is 0 Å². The van der Waals surface area contributed by atoms with Crippen molar-refractivity contribution in [2.75, 3.05) is 20.6 Å². The summed E-state index contributed by atoms with van der Waals surface area (Å²) in [6, 6.07) is 7.59. The van der Waals surface area contributed by atoms with Crippen molar-refractivity contribution in [3.05, 3.63) is 35.4 Å². The van der Waals surface area contributed by atoms with Gasteiger partial charge >= 0.3 is 5.97 Å². The smallest absolute Gasteiger partial charge is 0.304 e. The molecular formula is C13H20N2O4S. The van der Waals surface area contributed by atoms with Crippen molar-refractivity contribution in [3.8, 4) is 0 Å². The lowest BCUT2D eigenvalue weighted by Crippen LogP contribution is -2.40. The number of benzene rings is 1.